The van der Waals surface area contributed by atoms with Crippen molar-refractivity contribution in [2.24, 2.45) is 5.10 Å². The van der Waals surface area contributed by atoms with Crippen LogP contribution in [0.3, 0.4) is 0 Å². The summed E-state index contributed by atoms with van der Waals surface area (Å²) in [6, 6.07) is -3.10. The maximum absolute atomic E-state index is 13.0. The van der Waals surface area contributed by atoms with Crippen molar-refractivity contribution in [3.8, 4) is 0 Å². The number of hydrazone groups is 1. The van der Waals surface area contributed by atoms with Crippen LogP contribution in [-0.2, 0) is 0 Å². The number of alkyl halides is 10. The molecule has 0 radical (unpaired) electrons. The van der Waals surface area contributed by atoms with Crippen LogP contribution in [0.2, 0.25) is 0 Å². The lowest BCUT2D eigenvalue weighted by Gasteiger charge is -2.31. The zero-order valence-corrected chi connectivity index (χ0v) is 8.51. The third-order valence-corrected chi connectivity index (χ3v) is 2.29. The highest BCUT2D eigenvalue weighted by molar-refractivity contribution is 5.91. The van der Waals surface area contributed by atoms with Crippen molar-refractivity contribution < 1.29 is 43.9 Å². The van der Waals surface area contributed by atoms with Gasteiger partial charge in [-0.25, -0.2) is 0 Å². The Kier molecular flexibility index (Phi) is 3.44. The second kappa shape index (κ2) is 4.13. The van der Waals surface area contributed by atoms with E-state index in [-0.39, 0.29) is 0 Å². The van der Waals surface area contributed by atoms with Gasteiger partial charge in [-0.3, -0.25) is 0 Å². The first-order valence-corrected chi connectivity index (χ1v) is 4.43. The number of rotatable bonds is 2. The summed E-state index contributed by atoms with van der Waals surface area (Å²) in [5.41, 5.74) is -0.910. The van der Waals surface area contributed by atoms with E-state index >= 15 is 0 Å². The fourth-order valence-corrected chi connectivity index (χ4v) is 1.24. The Morgan fingerprint density at radius 1 is 0.895 bits per heavy atom. The summed E-state index contributed by atoms with van der Waals surface area (Å²) in [4.78, 5) is 0. The predicted molar refractivity (Wildman–Crippen MR) is 41.0 cm³/mol. The van der Waals surface area contributed by atoms with E-state index in [0.717, 1.165) is 5.43 Å². The van der Waals surface area contributed by atoms with Crippen molar-refractivity contribution in [2.45, 2.75) is 36.7 Å². The van der Waals surface area contributed by atoms with Crippen LogP contribution < -0.4 is 5.43 Å². The summed E-state index contributed by atoms with van der Waals surface area (Å²) in [7, 11) is 0. The van der Waals surface area contributed by atoms with E-state index < -0.39 is 42.4 Å². The fraction of sp³-hybridized carbons (Fsp3) is 0.857. The first-order valence-electron chi connectivity index (χ1n) is 4.43. The molecule has 2 nitrogen and oxygen atoms in total. The van der Waals surface area contributed by atoms with Crippen molar-refractivity contribution in [3.05, 3.63) is 0 Å². The van der Waals surface area contributed by atoms with Crippen molar-refractivity contribution in [1.29, 1.82) is 0 Å². The second-order valence-corrected chi connectivity index (χ2v) is 3.64. The normalized spacial score (nSPS) is 22.2. The molecule has 1 N–H and O–H groups in total. The number of halogens is 10. The molecule has 0 spiro atoms. The predicted octanol–water partition coefficient (Wildman–Crippen LogP) is 3.10. The van der Waals surface area contributed by atoms with Crippen LogP contribution in [0.1, 0.15) is 6.42 Å². The van der Waals surface area contributed by atoms with E-state index in [4.69, 9.17) is 0 Å². The van der Waals surface area contributed by atoms with Gasteiger partial charge in [-0.1, -0.05) is 0 Å². The molecule has 1 atom stereocenters. The highest BCUT2D eigenvalue weighted by Crippen LogP contribution is 2.49. The molecule has 0 aromatic carbocycles. The lowest BCUT2D eigenvalue weighted by atomic mass is 9.99. The molecular weight excluding hydrogens is 302 g/mol. The van der Waals surface area contributed by atoms with Gasteiger partial charge in [0.15, 0.2) is 0 Å². The number of nitrogens with one attached hydrogen (secondary N) is 1. The largest absolute Gasteiger partial charge is 0.459 e. The molecule has 1 rings (SSSR count). The molecule has 0 aromatic heterocycles. The van der Waals surface area contributed by atoms with Crippen molar-refractivity contribution in [2.75, 3.05) is 0 Å². The monoisotopic (exact) mass is 306 g/mol. The highest BCUT2D eigenvalue weighted by Gasteiger charge is 2.76. The number of nitrogens with zero attached hydrogens (tertiary/aromatic N) is 1. The number of hydrogen-bond acceptors (Lipinski definition) is 2. The van der Waals surface area contributed by atoms with Crippen molar-refractivity contribution in [1.82, 2.24) is 5.43 Å². The molecule has 0 fully saturated rings. The first kappa shape index (κ1) is 15.8. The minimum Gasteiger partial charge on any atom is -0.300 e. The Morgan fingerprint density at radius 2 is 1.37 bits per heavy atom. The fourth-order valence-electron chi connectivity index (χ4n) is 1.24. The molecule has 0 aromatic rings. The minimum atomic E-state index is -6.60. The Bertz CT molecular complexity index is 378. The summed E-state index contributed by atoms with van der Waals surface area (Å²) in [5, 5.41) is 2.31. The number of hydrogen-bond donors (Lipinski definition) is 1. The van der Waals surface area contributed by atoms with Gasteiger partial charge < -0.3 is 5.43 Å². The Morgan fingerprint density at radius 3 is 1.68 bits per heavy atom. The van der Waals surface area contributed by atoms with E-state index in [9.17, 15) is 43.9 Å². The van der Waals surface area contributed by atoms with Gasteiger partial charge >= 0.3 is 24.2 Å². The van der Waals surface area contributed by atoms with Gasteiger partial charge in [0.2, 0.25) is 0 Å². The topological polar surface area (TPSA) is 24.4 Å². The first-order chi connectivity index (χ1) is 8.21. The van der Waals surface area contributed by atoms with Crippen molar-refractivity contribution >= 4 is 5.71 Å². The Labute approximate surface area is 98.0 Å². The van der Waals surface area contributed by atoms with E-state index in [1.54, 1.807) is 0 Å². The molecular formula is C7H4F10N2. The average molecular weight is 306 g/mol. The standard InChI is InChI=1S/C7H4F10N2/c8-4(9,6(13,14)7(15,16)17)2-1-3(19-18-2)5(10,11)12/h2,18H,1H2. The van der Waals surface area contributed by atoms with Crippen LogP contribution in [0.5, 0.6) is 0 Å². The molecule has 0 saturated carbocycles. The minimum absolute atomic E-state index is 0.970. The van der Waals surface area contributed by atoms with Gasteiger partial charge in [0.25, 0.3) is 0 Å². The summed E-state index contributed by atoms with van der Waals surface area (Å²) in [6.07, 6.45) is -13.6. The molecule has 0 saturated heterocycles. The molecule has 1 aliphatic rings. The lowest BCUT2D eigenvalue weighted by molar-refractivity contribution is -0.359. The second-order valence-electron chi connectivity index (χ2n) is 3.64. The zero-order valence-electron chi connectivity index (χ0n) is 8.51. The van der Waals surface area contributed by atoms with Gasteiger partial charge in [-0.05, 0) is 0 Å². The van der Waals surface area contributed by atoms with Crippen molar-refractivity contribution in [3.63, 3.8) is 0 Å². The van der Waals surface area contributed by atoms with Gasteiger partial charge in [-0.15, -0.1) is 0 Å². The van der Waals surface area contributed by atoms with Gasteiger partial charge in [-0.2, -0.15) is 49.0 Å². The molecule has 0 bridgehead atoms. The van der Waals surface area contributed by atoms with E-state index in [1.165, 1.54) is 0 Å². The highest BCUT2D eigenvalue weighted by atomic mass is 19.4. The molecule has 1 heterocycles. The van der Waals surface area contributed by atoms with Crippen LogP contribution >= 0.6 is 0 Å². The van der Waals surface area contributed by atoms with Gasteiger partial charge in [0.1, 0.15) is 11.8 Å². The molecule has 19 heavy (non-hydrogen) atoms. The average Bonchev–Trinajstić information content (AvgIpc) is 2.63. The quantitative estimate of drug-likeness (QED) is 0.779. The summed E-state index contributed by atoms with van der Waals surface area (Å²) < 4.78 is 123. The van der Waals surface area contributed by atoms with Gasteiger partial charge in [0.05, 0.1) is 0 Å². The molecule has 1 unspecified atom stereocenters. The van der Waals surface area contributed by atoms with E-state index in [0.29, 0.717) is 0 Å². The SMILES string of the molecule is FC(F)(F)C1=NNC(C(F)(F)C(F)(F)C(F)(F)F)C1. The zero-order chi connectivity index (χ0) is 15.3. The summed E-state index contributed by atoms with van der Waals surface area (Å²) in [6.45, 7) is 0. The Hall–Kier alpha value is -1.23. The third kappa shape index (κ3) is 2.56. The maximum Gasteiger partial charge on any atom is 0.459 e. The maximum atomic E-state index is 13.0. The smallest absolute Gasteiger partial charge is 0.300 e. The van der Waals surface area contributed by atoms with Crippen LogP contribution in [0.15, 0.2) is 5.10 Å². The molecule has 0 amide bonds. The Balaban J connectivity index is 2.95. The lowest BCUT2D eigenvalue weighted by Crippen LogP contribution is -2.60. The molecule has 0 aliphatic carbocycles. The van der Waals surface area contributed by atoms with Crippen LogP contribution in [0.25, 0.3) is 0 Å². The van der Waals surface area contributed by atoms with E-state index in [1.807, 2.05) is 0 Å². The molecule has 1 aliphatic heterocycles. The van der Waals surface area contributed by atoms with E-state index in [2.05, 4.69) is 5.10 Å². The summed E-state index contributed by atoms with van der Waals surface area (Å²) in [5.74, 6) is -12.3. The van der Waals surface area contributed by atoms with Gasteiger partial charge in [0, 0.05) is 6.42 Å². The summed E-state index contributed by atoms with van der Waals surface area (Å²) >= 11 is 0. The van der Waals surface area contributed by atoms with Crippen LogP contribution in [0.4, 0.5) is 43.9 Å². The third-order valence-electron chi connectivity index (χ3n) is 2.29. The van der Waals surface area contributed by atoms with Crippen LogP contribution in [0, 0.1) is 0 Å². The van der Waals surface area contributed by atoms with Crippen LogP contribution in [-0.4, -0.2) is 36.0 Å². The molecule has 112 valence electrons. The molecule has 12 heteroatoms.